The van der Waals surface area contributed by atoms with Crippen LogP contribution in [0.15, 0.2) is 36.4 Å². The highest BCUT2D eigenvalue weighted by Crippen LogP contribution is 2.37. The van der Waals surface area contributed by atoms with Gasteiger partial charge in [0.1, 0.15) is 5.75 Å². The lowest BCUT2D eigenvalue weighted by molar-refractivity contribution is 0.154. The van der Waals surface area contributed by atoms with Crippen LogP contribution in [0.5, 0.6) is 5.75 Å². The van der Waals surface area contributed by atoms with Gasteiger partial charge in [0.25, 0.3) is 0 Å². The lowest BCUT2D eigenvalue weighted by Gasteiger charge is -2.24. The Morgan fingerprint density at radius 1 is 1.13 bits per heavy atom. The summed E-state index contributed by atoms with van der Waals surface area (Å²) in [7, 11) is -4.50. The number of hydrogen-bond acceptors (Lipinski definition) is 5. The quantitative estimate of drug-likeness (QED) is 0.376. The summed E-state index contributed by atoms with van der Waals surface area (Å²) in [6.07, 6.45) is 9.27. The minimum atomic E-state index is -4.50. The molecule has 0 saturated heterocycles. The van der Waals surface area contributed by atoms with Crippen LogP contribution in [0.3, 0.4) is 0 Å². The molecule has 0 aliphatic heterocycles. The smallest absolute Gasteiger partial charge is 0.469 e. The molecule has 0 amide bonds. The van der Waals surface area contributed by atoms with Gasteiger partial charge in [0.2, 0.25) is 0 Å². The molecule has 1 unspecified atom stereocenters. The number of phosphoric acid groups is 1. The van der Waals surface area contributed by atoms with E-state index in [4.69, 9.17) is 20.3 Å². The zero-order valence-electron chi connectivity index (χ0n) is 18.2. The van der Waals surface area contributed by atoms with Gasteiger partial charge in [-0.1, -0.05) is 32.1 Å². The Bertz CT molecular complexity index is 855. The van der Waals surface area contributed by atoms with Crippen molar-refractivity contribution in [2.45, 2.75) is 63.8 Å². The van der Waals surface area contributed by atoms with Gasteiger partial charge in [-0.15, -0.1) is 11.3 Å². The summed E-state index contributed by atoms with van der Waals surface area (Å²) in [6.45, 7) is 2.35. The maximum Gasteiger partial charge on any atom is 0.469 e. The highest BCUT2D eigenvalue weighted by atomic mass is 32.1. The molecule has 6 nitrogen and oxygen atoms in total. The first-order chi connectivity index (χ1) is 14.7. The number of thiophene rings is 1. The van der Waals surface area contributed by atoms with Gasteiger partial charge in [0.15, 0.2) is 0 Å². The second-order valence-corrected chi connectivity index (χ2v) is 11.3. The minimum absolute atomic E-state index is 0.183. The van der Waals surface area contributed by atoms with Crippen LogP contribution in [0.4, 0.5) is 0 Å². The predicted molar refractivity (Wildman–Crippen MR) is 125 cm³/mol. The Balaban J connectivity index is 1.46. The molecule has 2 aromatic rings. The van der Waals surface area contributed by atoms with E-state index in [0.717, 1.165) is 36.7 Å². The zero-order chi connectivity index (χ0) is 22.3. The molecule has 4 N–H and O–H groups in total. The van der Waals surface area contributed by atoms with Gasteiger partial charge in [-0.05, 0) is 74.1 Å². The van der Waals surface area contributed by atoms with Crippen LogP contribution in [0.1, 0.15) is 56.7 Å². The number of ether oxygens (including phenoxy) is 1. The summed E-state index contributed by atoms with van der Waals surface area (Å²) in [6, 6.07) is 12.4. The Morgan fingerprint density at radius 3 is 2.52 bits per heavy atom. The molecule has 1 aromatic carbocycles. The third-order valence-electron chi connectivity index (χ3n) is 5.83. The predicted octanol–water partition coefficient (Wildman–Crippen LogP) is 5.52. The third kappa shape index (κ3) is 8.68. The average molecular weight is 468 g/mol. The molecule has 1 aromatic heterocycles. The Hall–Kier alpha value is -1.21. The topological polar surface area (TPSA) is 102 Å². The van der Waals surface area contributed by atoms with Gasteiger partial charge >= 0.3 is 7.82 Å². The SMILES string of the molecule is CC(N)(CCc1ccc(-c2ccc(OCCC3CCCCC3)cc2)s1)COP(=O)(O)O. The molecule has 1 fully saturated rings. The van der Waals surface area contributed by atoms with E-state index in [9.17, 15) is 4.57 Å². The summed E-state index contributed by atoms with van der Waals surface area (Å²) in [5, 5.41) is 0. The van der Waals surface area contributed by atoms with E-state index in [-0.39, 0.29) is 6.61 Å². The van der Waals surface area contributed by atoms with E-state index in [0.29, 0.717) is 6.42 Å². The molecule has 1 atom stereocenters. The fourth-order valence-corrected chi connectivity index (χ4v) is 5.39. The van der Waals surface area contributed by atoms with Crippen molar-refractivity contribution < 1.29 is 23.6 Å². The van der Waals surface area contributed by atoms with Crippen molar-refractivity contribution in [3.05, 3.63) is 41.3 Å². The number of benzene rings is 1. The van der Waals surface area contributed by atoms with Crippen molar-refractivity contribution in [1.82, 2.24) is 0 Å². The van der Waals surface area contributed by atoms with E-state index < -0.39 is 13.4 Å². The number of phosphoric ester groups is 1. The second kappa shape index (κ2) is 11.1. The summed E-state index contributed by atoms with van der Waals surface area (Å²) >= 11 is 1.70. The maximum atomic E-state index is 10.9. The van der Waals surface area contributed by atoms with Crippen molar-refractivity contribution in [2.24, 2.45) is 11.7 Å². The van der Waals surface area contributed by atoms with Gasteiger partial charge in [-0.3, -0.25) is 4.52 Å². The largest absolute Gasteiger partial charge is 0.494 e. The molecule has 3 rings (SSSR count). The van der Waals surface area contributed by atoms with E-state index in [1.54, 1.807) is 18.3 Å². The second-order valence-electron chi connectivity index (χ2n) is 8.85. The average Bonchev–Trinajstić information content (AvgIpc) is 3.21. The number of aryl methyl sites for hydroxylation is 1. The van der Waals surface area contributed by atoms with Crippen LogP contribution in [0.2, 0.25) is 0 Å². The Morgan fingerprint density at radius 2 is 1.84 bits per heavy atom. The summed E-state index contributed by atoms with van der Waals surface area (Å²) in [4.78, 5) is 20.0. The first-order valence-electron chi connectivity index (χ1n) is 11.0. The third-order valence-corrected chi connectivity index (χ3v) is 7.48. The van der Waals surface area contributed by atoms with Crippen LogP contribution in [-0.2, 0) is 15.5 Å². The molecule has 8 heteroatoms. The van der Waals surface area contributed by atoms with Gasteiger partial charge in [0.05, 0.1) is 13.2 Å². The standard InChI is InChI=1S/C23H34NO5PS/c1-23(24,17-29-30(25,26)27)15-13-21-11-12-22(31-21)19-7-9-20(10-8-19)28-16-14-18-5-3-2-4-6-18/h7-12,18H,2-6,13-17,24H2,1H3,(H2,25,26,27). The van der Waals surface area contributed by atoms with Crippen molar-refractivity contribution in [1.29, 1.82) is 0 Å². The molecule has 1 saturated carbocycles. The van der Waals surface area contributed by atoms with Crippen LogP contribution in [0.25, 0.3) is 10.4 Å². The van der Waals surface area contributed by atoms with E-state index in [1.807, 2.05) is 12.1 Å². The van der Waals surface area contributed by atoms with Crippen LogP contribution >= 0.6 is 19.2 Å². The van der Waals surface area contributed by atoms with E-state index >= 15 is 0 Å². The molecule has 172 valence electrons. The molecule has 31 heavy (non-hydrogen) atoms. The van der Waals surface area contributed by atoms with Crippen molar-refractivity contribution in [2.75, 3.05) is 13.2 Å². The van der Waals surface area contributed by atoms with Gasteiger partial charge in [-0.25, -0.2) is 4.57 Å². The first-order valence-corrected chi connectivity index (χ1v) is 13.4. The van der Waals surface area contributed by atoms with Gasteiger partial charge in [0, 0.05) is 15.3 Å². The van der Waals surface area contributed by atoms with Gasteiger partial charge < -0.3 is 20.3 Å². The van der Waals surface area contributed by atoms with E-state index in [1.165, 1.54) is 41.9 Å². The van der Waals surface area contributed by atoms with Crippen LogP contribution in [-0.4, -0.2) is 28.5 Å². The molecule has 1 aliphatic carbocycles. The molecule has 1 aliphatic rings. The lowest BCUT2D eigenvalue weighted by Crippen LogP contribution is -2.41. The molecule has 0 radical (unpaired) electrons. The molecule has 0 spiro atoms. The molecular weight excluding hydrogens is 433 g/mol. The molecule has 0 bridgehead atoms. The fourth-order valence-electron chi connectivity index (χ4n) is 3.91. The zero-order valence-corrected chi connectivity index (χ0v) is 19.9. The molecular formula is C23H34NO5PS. The fraction of sp³-hybridized carbons (Fsp3) is 0.565. The summed E-state index contributed by atoms with van der Waals surface area (Å²) in [5.74, 6) is 1.75. The summed E-state index contributed by atoms with van der Waals surface area (Å²) in [5.41, 5.74) is 6.46. The van der Waals surface area contributed by atoms with Crippen molar-refractivity contribution >= 4 is 19.2 Å². The summed E-state index contributed by atoms with van der Waals surface area (Å²) < 4.78 is 21.4. The number of rotatable bonds is 11. The normalized spacial score (nSPS) is 17.4. The Kier molecular flexibility index (Phi) is 8.74. The van der Waals surface area contributed by atoms with Gasteiger partial charge in [-0.2, -0.15) is 0 Å². The monoisotopic (exact) mass is 467 g/mol. The van der Waals surface area contributed by atoms with Crippen LogP contribution in [0, 0.1) is 5.92 Å². The van der Waals surface area contributed by atoms with E-state index in [2.05, 4.69) is 28.8 Å². The number of nitrogens with two attached hydrogens (primary N) is 1. The van der Waals surface area contributed by atoms with Crippen molar-refractivity contribution in [3.8, 4) is 16.2 Å². The first kappa shape index (κ1) is 24.4. The Labute approximate surface area is 189 Å². The highest BCUT2D eigenvalue weighted by Gasteiger charge is 2.24. The molecule has 1 heterocycles. The maximum absolute atomic E-state index is 10.9. The number of hydrogen-bond donors (Lipinski definition) is 3. The minimum Gasteiger partial charge on any atom is -0.494 e. The van der Waals surface area contributed by atoms with Crippen LogP contribution < -0.4 is 10.5 Å². The lowest BCUT2D eigenvalue weighted by atomic mass is 9.87. The highest BCUT2D eigenvalue weighted by molar-refractivity contribution is 7.46. The van der Waals surface area contributed by atoms with Crippen molar-refractivity contribution in [3.63, 3.8) is 0 Å².